The highest BCUT2D eigenvalue weighted by Crippen LogP contribution is 2.23. The highest BCUT2D eigenvalue weighted by molar-refractivity contribution is 7.15. The maximum Gasteiger partial charge on any atom is 0.185 e. The quantitative estimate of drug-likeness (QED) is 0.869. The van der Waals surface area contributed by atoms with Gasteiger partial charge in [0.05, 0.1) is 0 Å². The molecule has 126 valence electrons. The number of nitrogens with zero attached hydrogens (tertiary/aromatic N) is 3. The maximum atomic E-state index is 4.56. The molecule has 1 aliphatic heterocycles. The van der Waals surface area contributed by atoms with Crippen molar-refractivity contribution in [2.45, 2.75) is 65.6 Å². The monoisotopic (exact) mass is 324 g/mol. The van der Waals surface area contributed by atoms with Crippen LogP contribution in [-0.2, 0) is 6.54 Å². The Labute approximate surface area is 139 Å². The fourth-order valence-corrected chi connectivity index (χ4v) is 4.01. The van der Waals surface area contributed by atoms with Crippen molar-refractivity contribution in [3.05, 3.63) is 11.1 Å². The van der Waals surface area contributed by atoms with E-state index in [0.29, 0.717) is 11.6 Å². The Morgan fingerprint density at radius 1 is 1.27 bits per heavy atom. The molecule has 0 atom stereocenters. The highest BCUT2D eigenvalue weighted by Gasteiger charge is 2.26. The Hall–Kier alpha value is -0.650. The van der Waals surface area contributed by atoms with Gasteiger partial charge in [-0.05, 0) is 47.5 Å². The highest BCUT2D eigenvalue weighted by atomic mass is 32.1. The average molecular weight is 325 g/mol. The van der Waals surface area contributed by atoms with Gasteiger partial charge in [0.15, 0.2) is 5.13 Å². The summed E-state index contributed by atoms with van der Waals surface area (Å²) < 4.78 is 0. The summed E-state index contributed by atoms with van der Waals surface area (Å²) in [7, 11) is 0. The zero-order valence-electron chi connectivity index (χ0n) is 14.9. The van der Waals surface area contributed by atoms with Crippen LogP contribution in [0.5, 0.6) is 0 Å². The number of rotatable bonds is 6. The second-order valence-electron chi connectivity index (χ2n) is 7.09. The minimum Gasteiger partial charge on any atom is -0.349 e. The van der Waals surface area contributed by atoms with Crippen LogP contribution < -0.4 is 10.2 Å². The van der Waals surface area contributed by atoms with Gasteiger partial charge in [-0.1, -0.05) is 0 Å². The van der Waals surface area contributed by atoms with Crippen LogP contribution in [0, 0.1) is 0 Å². The molecule has 0 spiro atoms. The van der Waals surface area contributed by atoms with Gasteiger partial charge in [-0.3, -0.25) is 4.90 Å². The Bertz CT molecular complexity index is 440. The van der Waals surface area contributed by atoms with E-state index >= 15 is 0 Å². The Morgan fingerprint density at radius 2 is 1.91 bits per heavy atom. The summed E-state index contributed by atoms with van der Waals surface area (Å²) in [5.74, 6) is 0. The van der Waals surface area contributed by atoms with Crippen molar-refractivity contribution in [3.63, 3.8) is 0 Å². The van der Waals surface area contributed by atoms with Crippen LogP contribution in [0.25, 0.3) is 0 Å². The van der Waals surface area contributed by atoms with Crippen molar-refractivity contribution >= 4 is 16.5 Å². The predicted octanol–water partition coefficient (Wildman–Crippen LogP) is 3.34. The molecule has 2 rings (SSSR count). The summed E-state index contributed by atoms with van der Waals surface area (Å²) in [5, 5.41) is 4.88. The number of thiazole rings is 1. The molecule has 0 amide bonds. The Morgan fingerprint density at radius 3 is 2.45 bits per heavy atom. The topological polar surface area (TPSA) is 31.4 Å². The second-order valence-corrected chi connectivity index (χ2v) is 8.19. The van der Waals surface area contributed by atoms with Gasteiger partial charge in [-0.15, -0.1) is 11.3 Å². The van der Waals surface area contributed by atoms with Gasteiger partial charge in [-0.2, -0.15) is 0 Å². The van der Waals surface area contributed by atoms with E-state index in [1.54, 1.807) is 0 Å². The van der Waals surface area contributed by atoms with Crippen LogP contribution in [0.3, 0.4) is 0 Å². The van der Waals surface area contributed by atoms with Gasteiger partial charge in [0.2, 0.25) is 0 Å². The molecule has 5 heteroatoms. The van der Waals surface area contributed by atoms with Crippen LogP contribution in [-0.4, -0.2) is 47.6 Å². The van der Waals surface area contributed by atoms with E-state index in [1.807, 2.05) is 17.5 Å². The molecular weight excluding hydrogens is 292 g/mol. The molecule has 1 aliphatic rings. The summed E-state index contributed by atoms with van der Waals surface area (Å²) >= 11 is 1.83. The molecule has 1 fully saturated rings. The van der Waals surface area contributed by atoms with Gasteiger partial charge in [0.1, 0.15) is 0 Å². The minimum atomic E-state index is 0.307. The molecule has 0 aromatic carbocycles. The molecule has 0 unspecified atom stereocenters. The van der Waals surface area contributed by atoms with E-state index in [0.717, 1.165) is 24.8 Å². The van der Waals surface area contributed by atoms with Gasteiger partial charge in [-0.25, -0.2) is 4.98 Å². The Balaban J connectivity index is 1.78. The van der Waals surface area contributed by atoms with Gasteiger partial charge in [0.25, 0.3) is 0 Å². The first kappa shape index (κ1) is 17.7. The molecule has 0 radical (unpaired) electrons. The summed E-state index contributed by atoms with van der Waals surface area (Å²) in [6.07, 6.45) is 4.54. The van der Waals surface area contributed by atoms with Crippen molar-refractivity contribution in [2.24, 2.45) is 0 Å². The lowest BCUT2D eigenvalue weighted by molar-refractivity contribution is 0.0961. The summed E-state index contributed by atoms with van der Waals surface area (Å²) in [5.41, 5.74) is 0.307. The van der Waals surface area contributed by atoms with E-state index in [9.17, 15) is 0 Å². The minimum absolute atomic E-state index is 0.307. The Kier molecular flexibility index (Phi) is 6.24. The van der Waals surface area contributed by atoms with Crippen LogP contribution in [0.4, 0.5) is 5.13 Å². The maximum absolute atomic E-state index is 4.56. The number of hydrogen-bond acceptors (Lipinski definition) is 5. The van der Waals surface area contributed by atoms with Crippen molar-refractivity contribution in [2.75, 3.05) is 31.1 Å². The van der Waals surface area contributed by atoms with Crippen molar-refractivity contribution in [1.29, 1.82) is 0 Å². The normalized spacial score (nSPS) is 17.9. The standard InChI is InChI=1S/C17H32N4S/c1-6-20(7-2)16-19-13-15(22-16)12-18-14-8-10-21(11-9-14)17(3,4)5/h13-14,18H,6-12H2,1-5H3. The molecular formula is C17H32N4S. The van der Waals surface area contributed by atoms with Crippen LogP contribution in [0.15, 0.2) is 6.20 Å². The summed E-state index contributed by atoms with van der Waals surface area (Å²) in [6.45, 7) is 16.7. The van der Waals surface area contributed by atoms with E-state index < -0.39 is 0 Å². The van der Waals surface area contributed by atoms with Crippen molar-refractivity contribution < 1.29 is 0 Å². The first-order chi connectivity index (χ1) is 10.4. The largest absolute Gasteiger partial charge is 0.349 e. The molecule has 0 aliphatic carbocycles. The second kappa shape index (κ2) is 7.75. The molecule has 1 aromatic rings. The third kappa shape index (κ3) is 4.67. The number of anilines is 1. The molecule has 1 N–H and O–H groups in total. The lowest BCUT2D eigenvalue weighted by Gasteiger charge is -2.41. The lowest BCUT2D eigenvalue weighted by Crippen LogP contribution is -2.49. The third-order valence-corrected chi connectivity index (χ3v) is 5.64. The van der Waals surface area contributed by atoms with Gasteiger partial charge >= 0.3 is 0 Å². The van der Waals surface area contributed by atoms with E-state index in [-0.39, 0.29) is 0 Å². The smallest absolute Gasteiger partial charge is 0.185 e. The molecule has 0 bridgehead atoms. The summed E-state index contributed by atoms with van der Waals surface area (Å²) in [6, 6.07) is 0.651. The molecule has 4 nitrogen and oxygen atoms in total. The zero-order valence-corrected chi connectivity index (χ0v) is 15.7. The van der Waals surface area contributed by atoms with E-state index in [2.05, 4.69) is 54.7 Å². The molecule has 1 aromatic heterocycles. The zero-order chi connectivity index (χ0) is 16.2. The van der Waals surface area contributed by atoms with E-state index in [4.69, 9.17) is 0 Å². The average Bonchev–Trinajstić information content (AvgIpc) is 2.95. The molecule has 0 saturated carbocycles. The number of nitrogens with one attached hydrogen (secondary N) is 1. The SMILES string of the molecule is CCN(CC)c1ncc(CNC2CCN(C(C)(C)C)CC2)s1. The van der Waals surface area contributed by atoms with Crippen molar-refractivity contribution in [1.82, 2.24) is 15.2 Å². The fourth-order valence-electron chi connectivity index (χ4n) is 3.02. The lowest BCUT2D eigenvalue weighted by atomic mass is 9.98. The number of hydrogen-bond donors (Lipinski definition) is 1. The first-order valence-corrected chi connectivity index (χ1v) is 9.43. The molecule has 2 heterocycles. The van der Waals surface area contributed by atoms with Gasteiger partial charge < -0.3 is 10.2 Å². The van der Waals surface area contributed by atoms with Crippen LogP contribution in [0.1, 0.15) is 52.3 Å². The van der Waals surface area contributed by atoms with Crippen LogP contribution >= 0.6 is 11.3 Å². The molecule has 22 heavy (non-hydrogen) atoms. The fraction of sp³-hybridized carbons (Fsp3) is 0.824. The van der Waals surface area contributed by atoms with E-state index in [1.165, 1.54) is 30.8 Å². The third-order valence-electron chi connectivity index (χ3n) is 4.58. The predicted molar refractivity (Wildman–Crippen MR) is 96.9 cm³/mol. The number of aromatic nitrogens is 1. The first-order valence-electron chi connectivity index (χ1n) is 8.62. The number of likely N-dealkylation sites (tertiary alicyclic amines) is 1. The molecule has 1 saturated heterocycles. The van der Waals surface area contributed by atoms with Crippen molar-refractivity contribution in [3.8, 4) is 0 Å². The van der Waals surface area contributed by atoms with Crippen LogP contribution in [0.2, 0.25) is 0 Å². The van der Waals surface area contributed by atoms with Gasteiger partial charge in [0, 0.05) is 55.4 Å². The summed E-state index contributed by atoms with van der Waals surface area (Å²) in [4.78, 5) is 10.8. The number of piperidine rings is 1.